The first-order valence-corrected chi connectivity index (χ1v) is 16.7. The Balaban J connectivity index is 1.47. The highest BCUT2D eigenvalue weighted by molar-refractivity contribution is 5.96. The van der Waals surface area contributed by atoms with Crippen molar-refractivity contribution in [3.63, 3.8) is 0 Å². The van der Waals surface area contributed by atoms with Gasteiger partial charge in [0.2, 0.25) is 0 Å². The smallest absolute Gasteiger partial charge is 0.311 e. The van der Waals surface area contributed by atoms with Gasteiger partial charge >= 0.3 is 5.97 Å². The number of esters is 1. The highest BCUT2D eigenvalue weighted by atomic mass is 16.5. The number of carbonyl (C=O) groups excluding carboxylic acids is 3. The van der Waals surface area contributed by atoms with Gasteiger partial charge in [-0.05, 0) is 111 Å². The normalized spacial score (nSPS) is 45.2. The van der Waals surface area contributed by atoms with Gasteiger partial charge in [0.15, 0.2) is 5.78 Å². The third-order valence-corrected chi connectivity index (χ3v) is 14.3. The Labute approximate surface area is 249 Å². The molecule has 0 N–H and O–H groups in total. The lowest BCUT2D eigenvalue weighted by molar-refractivity contribution is -0.188. The van der Waals surface area contributed by atoms with Gasteiger partial charge in [-0.1, -0.05) is 61.0 Å². The highest BCUT2D eigenvalue weighted by Gasteiger charge is 2.70. The van der Waals surface area contributed by atoms with Crippen molar-refractivity contribution in [3.8, 4) is 0 Å². The minimum atomic E-state index is -0.523. The summed E-state index contributed by atoms with van der Waals surface area (Å²) >= 11 is 0. The van der Waals surface area contributed by atoms with Crippen LogP contribution in [-0.2, 0) is 19.1 Å². The molecule has 0 aromatic rings. The van der Waals surface area contributed by atoms with Gasteiger partial charge in [-0.25, -0.2) is 0 Å². The molecule has 0 amide bonds. The van der Waals surface area contributed by atoms with Crippen molar-refractivity contribution in [2.45, 2.75) is 120 Å². The maximum atomic E-state index is 14.5. The molecule has 0 unspecified atom stereocenters. The van der Waals surface area contributed by atoms with Crippen LogP contribution in [0.4, 0.5) is 0 Å². The van der Waals surface area contributed by atoms with Crippen LogP contribution in [-0.4, -0.2) is 48.7 Å². The molecule has 8 atom stereocenters. The zero-order chi connectivity index (χ0) is 30.2. The molecule has 0 saturated heterocycles. The summed E-state index contributed by atoms with van der Waals surface area (Å²) in [7, 11) is 0. The van der Waals surface area contributed by atoms with E-state index in [1.54, 1.807) is 0 Å². The predicted molar refractivity (Wildman–Crippen MR) is 163 cm³/mol. The van der Waals surface area contributed by atoms with Crippen molar-refractivity contribution in [3.05, 3.63) is 11.6 Å². The van der Waals surface area contributed by atoms with Crippen molar-refractivity contribution in [2.75, 3.05) is 26.2 Å². The maximum absolute atomic E-state index is 14.5. The number of nitrogens with zero attached hydrogens (tertiary/aromatic N) is 1. The van der Waals surface area contributed by atoms with E-state index in [9.17, 15) is 14.4 Å². The first kappa shape index (κ1) is 31.0. The van der Waals surface area contributed by atoms with Gasteiger partial charge in [-0.15, -0.1) is 0 Å². The lowest BCUT2D eigenvalue weighted by Crippen LogP contribution is -2.66. The topological polar surface area (TPSA) is 63.7 Å². The molecule has 0 aromatic carbocycles. The summed E-state index contributed by atoms with van der Waals surface area (Å²) in [5.41, 5.74) is 0.145. The number of hydrogen-bond acceptors (Lipinski definition) is 5. The second kappa shape index (κ2) is 10.0. The molecule has 5 nitrogen and oxygen atoms in total. The Kier molecular flexibility index (Phi) is 7.57. The molecule has 5 rings (SSSR count). The molecule has 0 spiro atoms. The van der Waals surface area contributed by atoms with Crippen LogP contribution in [0.15, 0.2) is 11.6 Å². The van der Waals surface area contributed by atoms with Crippen LogP contribution in [0.25, 0.3) is 0 Å². The van der Waals surface area contributed by atoms with Crippen LogP contribution in [0.5, 0.6) is 0 Å². The molecule has 0 heterocycles. The molecule has 0 bridgehead atoms. The third-order valence-electron chi connectivity index (χ3n) is 14.3. The van der Waals surface area contributed by atoms with Gasteiger partial charge in [0.1, 0.15) is 12.4 Å². The van der Waals surface area contributed by atoms with Gasteiger partial charge in [0.05, 0.1) is 5.41 Å². The van der Waals surface area contributed by atoms with Crippen molar-refractivity contribution >= 4 is 17.5 Å². The third kappa shape index (κ3) is 4.36. The number of Topliss-reactive ketones (excluding diaryl/α,β-unsaturated/α-hetero) is 1. The molecule has 0 aliphatic heterocycles. The summed E-state index contributed by atoms with van der Waals surface area (Å²) in [5, 5.41) is 0. The molecule has 5 aliphatic carbocycles. The van der Waals surface area contributed by atoms with Crippen LogP contribution in [0, 0.1) is 50.2 Å². The first-order valence-electron chi connectivity index (χ1n) is 16.7. The molecular weight excluding hydrogens is 510 g/mol. The van der Waals surface area contributed by atoms with Crippen LogP contribution in [0.2, 0.25) is 0 Å². The lowest BCUT2D eigenvalue weighted by Gasteiger charge is -2.69. The van der Waals surface area contributed by atoms with Crippen LogP contribution < -0.4 is 0 Å². The predicted octanol–water partition coefficient (Wildman–Crippen LogP) is 7.42. The fraction of sp³-hybridized carbons (Fsp3) is 0.861. The Morgan fingerprint density at radius 2 is 1.59 bits per heavy atom. The minimum absolute atomic E-state index is 0.0563. The van der Waals surface area contributed by atoms with Crippen LogP contribution in [0.3, 0.4) is 0 Å². The van der Waals surface area contributed by atoms with E-state index in [1.165, 1.54) is 5.57 Å². The van der Waals surface area contributed by atoms with Gasteiger partial charge in [0, 0.05) is 24.3 Å². The van der Waals surface area contributed by atoms with E-state index in [0.717, 1.165) is 71.0 Å². The lowest BCUT2D eigenvalue weighted by atomic mass is 9.33. The maximum Gasteiger partial charge on any atom is 0.311 e. The van der Waals surface area contributed by atoms with Crippen molar-refractivity contribution in [1.29, 1.82) is 0 Å². The molecule has 4 fully saturated rings. The number of hydrogen-bond donors (Lipinski definition) is 0. The Morgan fingerprint density at radius 3 is 2.24 bits per heavy atom. The standard InChI is InChI=1S/C36H57NO4/c1-10-37(11-2)20-21-41-30(40)33(6)17-16-32(5)18-19-35(8)24(25(32)23-33)22-26(38)29-34(7)14-13-28(39)31(3,4)27(34)12-15-36(29,35)9/h22,25,27,29H,10-21,23H2,1-9H3/t25-,27+,29-,32-,33+,34+,35-,36-/m1/s1. The van der Waals surface area contributed by atoms with Crippen LogP contribution >= 0.6 is 0 Å². The van der Waals surface area contributed by atoms with E-state index in [-0.39, 0.29) is 56.6 Å². The first-order chi connectivity index (χ1) is 19.0. The second-order valence-corrected chi connectivity index (χ2v) is 16.6. The van der Waals surface area contributed by atoms with E-state index in [4.69, 9.17) is 4.74 Å². The summed E-state index contributed by atoms with van der Waals surface area (Å²) in [6, 6.07) is 0. The van der Waals surface area contributed by atoms with Crippen molar-refractivity contribution in [2.24, 2.45) is 50.2 Å². The number of likely N-dealkylation sites (N-methyl/N-ethyl adjacent to an activating group) is 1. The molecule has 0 aromatic heterocycles. The number of allylic oxidation sites excluding steroid dienone is 2. The number of rotatable bonds is 6. The second-order valence-electron chi connectivity index (χ2n) is 16.6. The molecule has 5 aliphatic rings. The summed E-state index contributed by atoms with van der Waals surface area (Å²) in [6.45, 7) is 23.4. The molecule has 230 valence electrons. The summed E-state index contributed by atoms with van der Waals surface area (Å²) in [4.78, 5) is 43.4. The molecule has 41 heavy (non-hydrogen) atoms. The minimum Gasteiger partial charge on any atom is -0.464 e. The van der Waals surface area contributed by atoms with E-state index < -0.39 is 5.41 Å². The Morgan fingerprint density at radius 1 is 0.927 bits per heavy atom. The van der Waals surface area contributed by atoms with Gasteiger partial charge in [0.25, 0.3) is 0 Å². The summed E-state index contributed by atoms with van der Waals surface area (Å²) in [6.07, 6.45) is 10.3. The largest absolute Gasteiger partial charge is 0.464 e. The SMILES string of the molecule is CCN(CC)CCOC(=O)[C@@]1(C)CC[C@]2(C)CC[C@]3(C)C(=CC(=O)[C@@H]4[C@@]5(C)CCC(=O)C(C)(C)[C@@H]5CC[C@]43C)[C@H]2C1. The number of fused-ring (bicyclic) bond motifs is 7. The van der Waals surface area contributed by atoms with Crippen molar-refractivity contribution in [1.82, 2.24) is 4.90 Å². The molecular formula is C36H57NO4. The summed E-state index contributed by atoms with van der Waals surface area (Å²) < 4.78 is 5.93. The number of carbonyl (C=O) groups is 3. The van der Waals surface area contributed by atoms with E-state index in [1.807, 2.05) is 0 Å². The fourth-order valence-corrected chi connectivity index (χ4v) is 11.1. The molecule has 5 heteroatoms. The van der Waals surface area contributed by atoms with Gasteiger partial charge in [-0.2, -0.15) is 0 Å². The highest BCUT2D eigenvalue weighted by Crippen LogP contribution is 2.74. The summed E-state index contributed by atoms with van der Waals surface area (Å²) in [5.74, 6) is 0.998. The van der Waals surface area contributed by atoms with Crippen molar-refractivity contribution < 1.29 is 19.1 Å². The monoisotopic (exact) mass is 567 g/mol. The number of ether oxygens (including phenoxy) is 1. The molecule has 4 saturated carbocycles. The zero-order valence-corrected chi connectivity index (χ0v) is 27.6. The quantitative estimate of drug-likeness (QED) is 0.313. The molecule has 0 radical (unpaired) electrons. The average Bonchev–Trinajstić information content (AvgIpc) is 2.91. The van der Waals surface area contributed by atoms with E-state index in [0.29, 0.717) is 18.8 Å². The average molecular weight is 568 g/mol. The zero-order valence-electron chi connectivity index (χ0n) is 27.6. The Bertz CT molecular complexity index is 1140. The Hall–Kier alpha value is -1.49. The van der Waals surface area contributed by atoms with Crippen LogP contribution in [0.1, 0.15) is 120 Å². The number of ketones is 2. The van der Waals surface area contributed by atoms with E-state index >= 15 is 0 Å². The van der Waals surface area contributed by atoms with Gasteiger partial charge < -0.3 is 9.64 Å². The van der Waals surface area contributed by atoms with E-state index in [2.05, 4.69) is 73.3 Å². The fourth-order valence-electron chi connectivity index (χ4n) is 11.1. The van der Waals surface area contributed by atoms with Gasteiger partial charge in [-0.3, -0.25) is 14.4 Å².